The smallest absolute Gasteiger partial charge is 0.243 e. The molecule has 0 saturated carbocycles. The van der Waals surface area contributed by atoms with E-state index in [1.165, 1.54) is 0 Å². The largest absolute Gasteiger partial charge is 0.340 e. The average molecular weight is 437 g/mol. The van der Waals surface area contributed by atoms with Gasteiger partial charge in [0, 0.05) is 51.7 Å². The molecule has 7 nitrogen and oxygen atoms in total. The van der Waals surface area contributed by atoms with Crippen LogP contribution in [-0.4, -0.2) is 86.8 Å². The number of carbonyl (C=O) groups excluding carboxylic acids is 1. The first kappa shape index (κ1) is 23.2. The van der Waals surface area contributed by atoms with Gasteiger partial charge < -0.3 is 10.2 Å². The second-order valence-corrected chi connectivity index (χ2v) is 10.4. The van der Waals surface area contributed by atoms with Gasteiger partial charge in [0.25, 0.3) is 0 Å². The first-order chi connectivity index (χ1) is 14.3. The highest BCUT2D eigenvalue weighted by Gasteiger charge is 2.32. The lowest BCUT2D eigenvalue weighted by atomic mass is 10.1. The van der Waals surface area contributed by atoms with Gasteiger partial charge in [-0.25, -0.2) is 8.42 Å². The highest BCUT2D eigenvalue weighted by molar-refractivity contribution is 7.89. The number of aryl methyl sites for hydroxylation is 2. The number of benzene rings is 1. The molecule has 2 aliphatic rings. The van der Waals surface area contributed by atoms with Crippen molar-refractivity contribution in [3.05, 3.63) is 29.3 Å². The summed E-state index contributed by atoms with van der Waals surface area (Å²) in [5, 5.41) is 3.24. The monoisotopic (exact) mass is 436 g/mol. The molecule has 0 spiro atoms. The molecule has 0 bridgehead atoms. The van der Waals surface area contributed by atoms with Crippen LogP contribution >= 0.6 is 0 Å². The van der Waals surface area contributed by atoms with E-state index in [0.29, 0.717) is 24.5 Å². The Kier molecular flexibility index (Phi) is 7.90. The molecule has 1 atom stereocenters. The molecule has 168 valence electrons. The fourth-order valence-electron chi connectivity index (χ4n) is 4.38. The number of piperazine rings is 1. The molecule has 2 aliphatic heterocycles. The lowest BCUT2D eigenvalue weighted by Gasteiger charge is -2.31. The van der Waals surface area contributed by atoms with E-state index in [0.717, 1.165) is 50.1 Å². The van der Waals surface area contributed by atoms with Crippen molar-refractivity contribution in [3.8, 4) is 0 Å². The number of hydrogen-bond donors (Lipinski definition) is 1. The fourth-order valence-corrected chi connectivity index (χ4v) is 5.94. The first-order valence-electron chi connectivity index (χ1n) is 11.1. The van der Waals surface area contributed by atoms with Gasteiger partial charge >= 0.3 is 0 Å². The topological polar surface area (TPSA) is 73.0 Å². The summed E-state index contributed by atoms with van der Waals surface area (Å²) in [4.78, 5) is 17.2. The van der Waals surface area contributed by atoms with E-state index in [9.17, 15) is 13.2 Å². The Morgan fingerprint density at radius 1 is 1.17 bits per heavy atom. The van der Waals surface area contributed by atoms with E-state index in [1.807, 2.05) is 24.8 Å². The molecule has 0 aliphatic carbocycles. The maximum absolute atomic E-state index is 13.5. The highest BCUT2D eigenvalue weighted by atomic mass is 32.2. The molecule has 0 radical (unpaired) electrons. The van der Waals surface area contributed by atoms with Crippen LogP contribution in [0.25, 0.3) is 0 Å². The third-order valence-electron chi connectivity index (χ3n) is 6.48. The summed E-state index contributed by atoms with van der Waals surface area (Å²) in [7, 11) is -3.66. The predicted molar refractivity (Wildman–Crippen MR) is 119 cm³/mol. The summed E-state index contributed by atoms with van der Waals surface area (Å²) in [6.45, 7) is 11.6. The number of likely N-dealkylation sites (tertiary alicyclic amines) is 1. The van der Waals surface area contributed by atoms with Gasteiger partial charge in [-0.3, -0.25) is 9.69 Å². The van der Waals surface area contributed by atoms with E-state index in [1.54, 1.807) is 16.4 Å². The van der Waals surface area contributed by atoms with Crippen LogP contribution < -0.4 is 5.32 Å². The van der Waals surface area contributed by atoms with E-state index >= 15 is 0 Å². The van der Waals surface area contributed by atoms with Crippen LogP contribution in [0.1, 0.15) is 37.3 Å². The van der Waals surface area contributed by atoms with Crippen LogP contribution in [0.4, 0.5) is 0 Å². The Morgan fingerprint density at radius 3 is 2.57 bits per heavy atom. The van der Waals surface area contributed by atoms with Crippen LogP contribution in [-0.2, 0) is 14.8 Å². The van der Waals surface area contributed by atoms with Gasteiger partial charge in [-0.05, 0) is 63.0 Å². The summed E-state index contributed by atoms with van der Waals surface area (Å²) >= 11 is 0. The number of hydrogen-bond acceptors (Lipinski definition) is 5. The van der Waals surface area contributed by atoms with Crippen molar-refractivity contribution >= 4 is 15.9 Å². The van der Waals surface area contributed by atoms with Crippen LogP contribution in [0.2, 0.25) is 0 Å². The van der Waals surface area contributed by atoms with Crippen LogP contribution in [0.5, 0.6) is 0 Å². The van der Waals surface area contributed by atoms with Crippen molar-refractivity contribution in [2.45, 2.75) is 51.0 Å². The minimum atomic E-state index is -3.66. The highest BCUT2D eigenvalue weighted by Crippen LogP contribution is 2.24. The van der Waals surface area contributed by atoms with Crippen molar-refractivity contribution in [1.29, 1.82) is 0 Å². The molecular formula is C22H36N4O3S. The molecule has 0 unspecified atom stereocenters. The number of nitrogens with zero attached hydrogens (tertiary/aromatic N) is 3. The number of rotatable bonds is 8. The number of nitrogens with one attached hydrogen (secondary N) is 1. The van der Waals surface area contributed by atoms with Crippen molar-refractivity contribution < 1.29 is 13.2 Å². The van der Waals surface area contributed by atoms with Gasteiger partial charge in [0.05, 0.1) is 4.90 Å². The zero-order chi connectivity index (χ0) is 21.7. The quantitative estimate of drug-likeness (QED) is 0.670. The third-order valence-corrected chi connectivity index (χ3v) is 8.34. The SMILES string of the molecule is CCN1CCC[C@@H]1CN(CCC(=O)N1CCNCC1)S(=O)(=O)c1ccc(C)c(C)c1. The van der Waals surface area contributed by atoms with Gasteiger partial charge in [0.15, 0.2) is 0 Å². The third kappa shape index (κ3) is 5.41. The summed E-state index contributed by atoms with van der Waals surface area (Å²) in [5.74, 6) is 0.0376. The maximum Gasteiger partial charge on any atom is 0.243 e. The normalized spacial score (nSPS) is 20.8. The van der Waals surface area contributed by atoms with Gasteiger partial charge in [0.2, 0.25) is 15.9 Å². The Hall–Kier alpha value is -1.48. The van der Waals surface area contributed by atoms with Crippen LogP contribution in [0.3, 0.4) is 0 Å². The predicted octanol–water partition coefficient (Wildman–Crippen LogP) is 1.60. The second kappa shape index (κ2) is 10.2. The lowest BCUT2D eigenvalue weighted by molar-refractivity contribution is -0.131. The molecule has 1 amide bonds. The summed E-state index contributed by atoms with van der Waals surface area (Å²) in [6, 6.07) is 5.52. The summed E-state index contributed by atoms with van der Waals surface area (Å²) in [6.07, 6.45) is 2.32. The zero-order valence-electron chi connectivity index (χ0n) is 18.6. The molecule has 2 fully saturated rings. The zero-order valence-corrected chi connectivity index (χ0v) is 19.4. The van der Waals surface area contributed by atoms with E-state index in [4.69, 9.17) is 0 Å². The molecule has 30 heavy (non-hydrogen) atoms. The minimum absolute atomic E-state index is 0.0376. The standard InChI is InChI=1S/C22H36N4O3S/c1-4-24-12-5-6-20(24)17-26(13-9-22(27)25-14-10-23-11-15-25)30(28,29)21-8-7-18(2)19(3)16-21/h7-8,16,20,23H,4-6,9-15,17H2,1-3H3/t20-/m1/s1. The Balaban J connectivity index is 1.78. The summed E-state index contributed by atoms with van der Waals surface area (Å²) < 4.78 is 28.6. The molecule has 3 rings (SSSR count). The van der Waals surface area contributed by atoms with Crippen molar-refractivity contribution in [1.82, 2.24) is 19.4 Å². The number of amides is 1. The second-order valence-electron chi connectivity index (χ2n) is 8.41. The van der Waals surface area contributed by atoms with Crippen LogP contribution in [0, 0.1) is 13.8 Å². The number of carbonyl (C=O) groups is 1. The van der Waals surface area contributed by atoms with Crippen molar-refractivity contribution in [2.75, 3.05) is 52.4 Å². The van der Waals surface area contributed by atoms with E-state index < -0.39 is 10.0 Å². The van der Waals surface area contributed by atoms with Crippen LogP contribution in [0.15, 0.2) is 23.1 Å². The maximum atomic E-state index is 13.5. The Labute approximate surface area is 181 Å². The number of sulfonamides is 1. The molecule has 8 heteroatoms. The molecule has 0 aromatic heterocycles. The Bertz CT molecular complexity index is 837. The van der Waals surface area contributed by atoms with Gasteiger partial charge in [-0.2, -0.15) is 4.31 Å². The first-order valence-corrected chi connectivity index (χ1v) is 12.6. The molecular weight excluding hydrogens is 400 g/mol. The lowest BCUT2D eigenvalue weighted by Crippen LogP contribution is -2.48. The van der Waals surface area contributed by atoms with Gasteiger partial charge in [-0.15, -0.1) is 0 Å². The van der Waals surface area contributed by atoms with E-state index in [2.05, 4.69) is 17.1 Å². The molecule has 1 N–H and O–H groups in total. The fraction of sp³-hybridized carbons (Fsp3) is 0.682. The molecule has 2 saturated heterocycles. The van der Waals surface area contributed by atoms with Crippen molar-refractivity contribution in [2.24, 2.45) is 0 Å². The Morgan fingerprint density at radius 2 is 1.90 bits per heavy atom. The van der Waals surface area contributed by atoms with Gasteiger partial charge in [-0.1, -0.05) is 13.0 Å². The number of likely N-dealkylation sites (N-methyl/N-ethyl adjacent to an activating group) is 1. The molecule has 1 aromatic rings. The minimum Gasteiger partial charge on any atom is -0.340 e. The van der Waals surface area contributed by atoms with Crippen molar-refractivity contribution in [3.63, 3.8) is 0 Å². The van der Waals surface area contributed by atoms with Gasteiger partial charge in [0.1, 0.15) is 0 Å². The summed E-state index contributed by atoms with van der Waals surface area (Å²) in [5.41, 5.74) is 2.03. The molecule has 1 aromatic carbocycles. The van der Waals surface area contributed by atoms with E-state index in [-0.39, 0.29) is 24.9 Å². The average Bonchev–Trinajstić information content (AvgIpc) is 3.20. The molecule has 2 heterocycles.